The number of hydrogen-bond acceptors (Lipinski definition) is 6. The first kappa shape index (κ1) is 16.0. The molecule has 0 aliphatic rings. The van der Waals surface area contributed by atoms with E-state index < -0.39 is 18.5 Å². The minimum atomic E-state index is -1.19. The van der Waals surface area contributed by atoms with Crippen molar-refractivity contribution in [3.63, 3.8) is 0 Å². The van der Waals surface area contributed by atoms with Crippen LogP contribution in [0.15, 0.2) is 6.07 Å². The SMILES string of the molecule is C#CCN(CC(=O)O)C(=O)Nc1nc(OC)cc(OC)n1. The summed E-state index contributed by atoms with van der Waals surface area (Å²) in [5.41, 5.74) is 0. The molecule has 0 unspecified atom stereocenters. The normalized spacial score (nSPS) is 9.38. The molecule has 1 rings (SSSR count). The first-order valence-corrected chi connectivity index (χ1v) is 5.68. The Balaban J connectivity index is 2.89. The number of carboxylic acids is 1. The number of nitrogens with one attached hydrogen (secondary N) is 1. The third-order valence-electron chi connectivity index (χ3n) is 2.21. The van der Waals surface area contributed by atoms with E-state index in [-0.39, 0.29) is 24.3 Å². The summed E-state index contributed by atoms with van der Waals surface area (Å²) < 4.78 is 9.86. The van der Waals surface area contributed by atoms with Gasteiger partial charge in [0.1, 0.15) is 6.54 Å². The van der Waals surface area contributed by atoms with Crippen molar-refractivity contribution in [3.8, 4) is 24.1 Å². The van der Waals surface area contributed by atoms with Crippen LogP contribution < -0.4 is 14.8 Å². The number of amides is 2. The summed E-state index contributed by atoms with van der Waals surface area (Å²) in [6.07, 6.45) is 5.09. The van der Waals surface area contributed by atoms with E-state index in [2.05, 4.69) is 21.2 Å². The number of carbonyl (C=O) groups is 2. The van der Waals surface area contributed by atoms with Crippen LogP contribution in [0.25, 0.3) is 0 Å². The number of terminal acetylenes is 1. The zero-order valence-corrected chi connectivity index (χ0v) is 11.5. The fourth-order valence-electron chi connectivity index (χ4n) is 1.32. The number of carboxylic acid groups (broad SMARTS) is 1. The van der Waals surface area contributed by atoms with Crippen LogP contribution in [0.2, 0.25) is 0 Å². The van der Waals surface area contributed by atoms with E-state index in [9.17, 15) is 9.59 Å². The van der Waals surface area contributed by atoms with Crippen LogP contribution in [0.4, 0.5) is 10.7 Å². The van der Waals surface area contributed by atoms with Crippen LogP contribution in [0.5, 0.6) is 11.8 Å². The lowest BCUT2D eigenvalue weighted by Crippen LogP contribution is -2.39. The predicted octanol–water partition coefficient (Wildman–Crippen LogP) is 0.0455. The number of nitrogens with zero attached hydrogens (tertiary/aromatic N) is 3. The van der Waals surface area contributed by atoms with Crippen LogP contribution in [0.1, 0.15) is 0 Å². The molecule has 0 aliphatic carbocycles. The van der Waals surface area contributed by atoms with Crippen molar-refractivity contribution in [3.05, 3.63) is 6.07 Å². The van der Waals surface area contributed by atoms with E-state index in [1.54, 1.807) is 0 Å². The number of aromatic nitrogens is 2. The Morgan fingerprint density at radius 1 is 1.38 bits per heavy atom. The van der Waals surface area contributed by atoms with Crippen LogP contribution in [0.3, 0.4) is 0 Å². The van der Waals surface area contributed by atoms with Crippen molar-refractivity contribution in [2.45, 2.75) is 0 Å². The van der Waals surface area contributed by atoms with Crippen molar-refractivity contribution < 1.29 is 24.2 Å². The Bertz CT molecular complexity index is 547. The minimum Gasteiger partial charge on any atom is -0.481 e. The first-order chi connectivity index (χ1) is 9.99. The zero-order valence-electron chi connectivity index (χ0n) is 11.5. The highest BCUT2D eigenvalue weighted by molar-refractivity contribution is 5.90. The average Bonchev–Trinajstić information content (AvgIpc) is 2.45. The summed E-state index contributed by atoms with van der Waals surface area (Å²) in [5, 5.41) is 11.1. The van der Waals surface area contributed by atoms with Gasteiger partial charge in [-0.1, -0.05) is 5.92 Å². The number of ether oxygens (including phenoxy) is 2. The van der Waals surface area contributed by atoms with Crippen molar-refractivity contribution in [2.24, 2.45) is 0 Å². The van der Waals surface area contributed by atoms with E-state index in [4.69, 9.17) is 21.0 Å². The molecule has 1 aromatic rings. The summed E-state index contributed by atoms with van der Waals surface area (Å²) in [4.78, 5) is 31.3. The summed E-state index contributed by atoms with van der Waals surface area (Å²) >= 11 is 0. The van der Waals surface area contributed by atoms with Gasteiger partial charge >= 0.3 is 12.0 Å². The Morgan fingerprint density at radius 3 is 2.38 bits per heavy atom. The zero-order chi connectivity index (χ0) is 15.8. The van der Waals surface area contributed by atoms with Gasteiger partial charge in [-0.15, -0.1) is 6.42 Å². The number of carbonyl (C=O) groups excluding carboxylic acids is 1. The highest BCUT2D eigenvalue weighted by Crippen LogP contribution is 2.17. The molecule has 2 N–H and O–H groups in total. The molecule has 0 saturated heterocycles. The summed E-state index contributed by atoms with van der Waals surface area (Å²) in [6, 6.07) is 0.678. The molecule has 9 nitrogen and oxygen atoms in total. The molecule has 1 aromatic heterocycles. The summed E-state index contributed by atoms with van der Waals surface area (Å²) in [5.74, 6) is 1.27. The molecular formula is C12H14N4O5. The van der Waals surface area contributed by atoms with Crippen LogP contribution in [-0.4, -0.2) is 59.3 Å². The van der Waals surface area contributed by atoms with Gasteiger partial charge in [0, 0.05) is 0 Å². The second kappa shape index (κ2) is 7.54. The number of rotatable bonds is 6. The maximum absolute atomic E-state index is 11.9. The molecule has 0 aliphatic heterocycles. The molecule has 1 heterocycles. The molecule has 112 valence electrons. The number of aliphatic carboxylic acids is 1. The molecule has 0 bridgehead atoms. The molecule has 0 fully saturated rings. The first-order valence-electron chi connectivity index (χ1n) is 5.68. The second-order valence-electron chi connectivity index (χ2n) is 3.66. The topological polar surface area (TPSA) is 114 Å². The number of hydrogen-bond donors (Lipinski definition) is 2. The molecule has 0 radical (unpaired) electrons. The molecule has 0 atom stereocenters. The molecule has 21 heavy (non-hydrogen) atoms. The molecule has 0 aromatic carbocycles. The number of anilines is 1. The lowest BCUT2D eigenvalue weighted by atomic mass is 10.5. The Labute approximate surface area is 120 Å². The second-order valence-corrected chi connectivity index (χ2v) is 3.66. The van der Waals surface area contributed by atoms with Crippen molar-refractivity contribution in [1.82, 2.24) is 14.9 Å². The van der Waals surface area contributed by atoms with Crippen molar-refractivity contribution >= 4 is 17.9 Å². The van der Waals surface area contributed by atoms with Crippen LogP contribution >= 0.6 is 0 Å². The van der Waals surface area contributed by atoms with Gasteiger partial charge < -0.3 is 19.5 Å². The van der Waals surface area contributed by atoms with E-state index >= 15 is 0 Å². The Hall–Kier alpha value is -3.02. The third-order valence-corrected chi connectivity index (χ3v) is 2.21. The fraction of sp³-hybridized carbons (Fsp3) is 0.333. The number of urea groups is 1. The maximum Gasteiger partial charge on any atom is 0.325 e. The van der Waals surface area contributed by atoms with Gasteiger partial charge in [0.05, 0.1) is 26.8 Å². The number of methoxy groups -OCH3 is 2. The van der Waals surface area contributed by atoms with Crippen LogP contribution in [0, 0.1) is 12.3 Å². The van der Waals surface area contributed by atoms with Gasteiger partial charge in [-0.05, 0) is 0 Å². The highest BCUT2D eigenvalue weighted by atomic mass is 16.5. The molecule has 2 amide bonds. The van der Waals surface area contributed by atoms with Gasteiger partial charge in [0.15, 0.2) is 0 Å². The van der Waals surface area contributed by atoms with Gasteiger partial charge in [-0.3, -0.25) is 10.1 Å². The lowest BCUT2D eigenvalue weighted by molar-refractivity contribution is -0.137. The maximum atomic E-state index is 11.9. The standard InChI is InChI=1S/C12H14N4O5/c1-4-5-16(7-10(17)18)12(19)15-11-13-8(20-2)6-9(14-11)21-3/h1,6H,5,7H2,2-3H3,(H,17,18)(H,13,14,15,19). The quantitative estimate of drug-likeness (QED) is 0.712. The van der Waals surface area contributed by atoms with Gasteiger partial charge in [0.2, 0.25) is 17.7 Å². The predicted molar refractivity (Wildman–Crippen MR) is 72.2 cm³/mol. The average molecular weight is 294 g/mol. The highest BCUT2D eigenvalue weighted by Gasteiger charge is 2.17. The fourth-order valence-corrected chi connectivity index (χ4v) is 1.32. The van der Waals surface area contributed by atoms with Crippen LogP contribution in [-0.2, 0) is 4.79 Å². The lowest BCUT2D eigenvalue weighted by Gasteiger charge is -2.18. The van der Waals surface area contributed by atoms with E-state index in [0.29, 0.717) is 0 Å². The van der Waals surface area contributed by atoms with E-state index in [0.717, 1.165) is 4.90 Å². The van der Waals surface area contributed by atoms with Crippen molar-refractivity contribution in [1.29, 1.82) is 0 Å². The van der Waals surface area contributed by atoms with Gasteiger partial charge in [-0.2, -0.15) is 9.97 Å². The third kappa shape index (κ3) is 4.87. The van der Waals surface area contributed by atoms with E-state index in [1.165, 1.54) is 20.3 Å². The van der Waals surface area contributed by atoms with Gasteiger partial charge in [-0.25, -0.2) is 4.79 Å². The Kier molecular flexibility index (Phi) is 5.76. The molecule has 0 spiro atoms. The summed E-state index contributed by atoms with van der Waals surface area (Å²) in [7, 11) is 2.78. The van der Waals surface area contributed by atoms with E-state index in [1.807, 2.05) is 0 Å². The van der Waals surface area contributed by atoms with Gasteiger partial charge in [0.25, 0.3) is 0 Å². The largest absolute Gasteiger partial charge is 0.481 e. The monoisotopic (exact) mass is 294 g/mol. The molecule has 9 heteroatoms. The smallest absolute Gasteiger partial charge is 0.325 e. The molecule has 0 saturated carbocycles. The van der Waals surface area contributed by atoms with Crippen molar-refractivity contribution in [2.75, 3.05) is 32.6 Å². The minimum absolute atomic E-state index is 0.0939. The summed E-state index contributed by atoms with van der Waals surface area (Å²) in [6.45, 7) is -0.712. The molecular weight excluding hydrogens is 280 g/mol. The Morgan fingerprint density at radius 2 is 1.95 bits per heavy atom.